The van der Waals surface area contributed by atoms with Gasteiger partial charge in [-0.25, -0.2) is 8.42 Å². The number of hydrogen-bond donors (Lipinski definition) is 1. The van der Waals surface area contributed by atoms with E-state index in [9.17, 15) is 13.2 Å². The number of hydrogen-bond acceptors (Lipinski definition) is 4. The zero-order chi connectivity index (χ0) is 20.2. The van der Waals surface area contributed by atoms with E-state index in [4.69, 9.17) is 5.73 Å². The zero-order valence-electron chi connectivity index (χ0n) is 16.2. The van der Waals surface area contributed by atoms with Crippen LogP contribution >= 0.6 is 0 Å². The first-order valence-corrected chi connectivity index (χ1v) is 10.1. The molecule has 2 N–H and O–H groups in total. The summed E-state index contributed by atoms with van der Waals surface area (Å²) >= 11 is 0. The van der Waals surface area contributed by atoms with Gasteiger partial charge in [0.2, 0.25) is 0 Å². The Hall–Kier alpha value is -2.38. The SMILES string of the molecule is CN(CC(C)(C)CN)C(=O)c1ccc(S(=O)(=O)N(C)c2ccccc2)cc1. The fraction of sp³-hybridized carbons (Fsp3) is 0.350. The van der Waals surface area contributed by atoms with Gasteiger partial charge in [0, 0.05) is 26.2 Å². The van der Waals surface area contributed by atoms with E-state index in [1.165, 1.54) is 23.5 Å². The Morgan fingerprint density at radius 2 is 1.56 bits per heavy atom. The van der Waals surface area contributed by atoms with E-state index in [0.29, 0.717) is 24.3 Å². The van der Waals surface area contributed by atoms with Crippen LogP contribution in [-0.2, 0) is 10.0 Å². The van der Waals surface area contributed by atoms with Crippen LogP contribution in [0.4, 0.5) is 5.69 Å². The van der Waals surface area contributed by atoms with Crippen molar-refractivity contribution in [3.8, 4) is 0 Å². The molecule has 1 amide bonds. The van der Waals surface area contributed by atoms with E-state index in [-0.39, 0.29) is 16.2 Å². The van der Waals surface area contributed by atoms with E-state index in [2.05, 4.69) is 0 Å². The third kappa shape index (κ3) is 4.87. The zero-order valence-corrected chi connectivity index (χ0v) is 17.0. The number of amides is 1. The van der Waals surface area contributed by atoms with Crippen LogP contribution in [0.25, 0.3) is 0 Å². The quantitative estimate of drug-likeness (QED) is 0.789. The first-order chi connectivity index (χ1) is 12.6. The summed E-state index contributed by atoms with van der Waals surface area (Å²) in [5, 5.41) is 0. The van der Waals surface area contributed by atoms with Crippen LogP contribution in [0.2, 0.25) is 0 Å². The summed E-state index contributed by atoms with van der Waals surface area (Å²) in [5.41, 5.74) is 6.55. The molecule has 2 aromatic rings. The van der Waals surface area contributed by atoms with Crippen LogP contribution in [0.3, 0.4) is 0 Å². The molecular formula is C20H27N3O3S. The minimum Gasteiger partial charge on any atom is -0.341 e. The molecule has 0 heterocycles. The van der Waals surface area contributed by atoms with Gasteiger partial charge in [0.25, 0.3) is 15.9 Å². The molecule has 0 radical (unpaired) electrons. The first-order valence-electron chi connectivity index (χ1n) is 8.68. The second-order valence-corrected chi connectivity index (χ2v) is 9.33. The number of benzene rings is 2. The van der Waals surface area contributed by atoms with Gasteiger partial charge < -0.3 is 10.6 Å². The van der Waals surface area contributed by atoms with Crippen LogP contribution in [0.5, 0.6) is 0 Å². The number of nitrogens with zero attached hydrogens (tertiary/aromatic N) is 2. The lowest BCUT2D eigenvalue weighted by molar-refractivity contribution is 0.0740. The number of para-hydroxylation sites is 1. The molecule has 146 valence electrons. The van der Waals surface area contributed by atoms with Crippen LogP contribution < -0.4 is 10.0 Å². The minimum atomic E-state index is -3.70. The molecule has 0 spiro atoms. The minimum absolute atomic E-state index is 0.135. The van der Waals surface area contributed by atoms with E-state index in [1.807, 2.05) is 19.9 Å². The lowest BCUT2D eigenvalue weighted by atomic mass is 9.93. The summed E-state index contributed by atoms with van der Waals surface area (Å²) in [5.74, 6) is -0.170. The standard InChI is InChI=1S/C20H27N3O3S/c1-20(2,14-21)15-22(3)19(24)16-10-12-18(13-11-16)27(25,26)23(4)17-8-6-5-7-9-17/h5-13H,14-15,21H2,1-4H3. The number of sulfonamides is 1. The number of carbonyl (C=O) groups excluding carboxylic acids is 1. The second-order valence-electron chi connectivity index (χ2n) is 7.36. The smallest absolute Gasteiger partial charge is 0.264 e. The van der Waals surface area contributed by atoms with Gasteiger partial charge in [0.05, 0.1) is 10.6 Å². The molecule has 0 fully saturated rings. The van der Waals surface area contributed by atoms with Crippen LogP contribution in [0.1, 0.15) is 24.2 Å². The number of anilines is 1. The van der Waals surface area contributed by atoms with Gasteiger partial charge in [-0.1, -0.05) is 32.0 Å². The molecular weight excluding hydrogens is 362 g/mol. The summed E-state index contributed by atoms with van der Waals surface area (Å²) < 4.78 is 26.8. The second kappa shape index (κ2) is 8.10. The van der Waals surface area contributed by atoms with Crippen molar-refractivity contribution in [1.29, 1.82) is 0 Å². The van der Waals surface area contributed by atoms with Crippen molar-refractivity contribution in [3.63, 3.8) is 0 Å². The lowest BCUT2D eigenvalue weighted by Gasteiger charge is -2.29. The normalized spacial score (nSPS) is 11.9. The van der Waals surface area contributed by atoms with Crippen molar-refractivity contribution in [2.24, 2.45) is 11.1 Å². The third-order valence-corrected chi connectivity index (χ3v) is 6.24. The molecule has 0 aromatic heterocycles. The van der Waals surface area contributed by atoms with Crippen LogP contribution in [0.15, 0.2) is 59.5 Å². The van der Waals surface area contributed by atoms with Gasteiger partial charge in [-0.15, -0.1) is 0 Å². The van der Waals surface area contributed by atoms with Crippen molar-refractivity contribution >= 4 is 21.6 Å². The van der Waals surface area contributed by atoms with E-state index in [1.54, 1.807) is 48.3 Å². The molecule has 27 heavy (non-hydrogen) atoms. The lowest BCUT2D eigenvalue weighted by Crippen LogP contribution is -2.39. The Bertz CT molecular complexity index is 878. The van der Waals surface area contributed by atoms with Crippen LogP contribution in [0, 0.1) is 5.41 Å². The van der Waals surface area contributed by atoms with Gasteiger partial charge in [-0.2, -0.15) is 0 Å². The summed E-state index contributed by atoms with van der Waals surface area (Å²) in [4.78, 5) is 14.3. The highest BCUT2D eigenvalue weighted by molar-refractivity contribution is 7.92. The van der Waals surface area contributed by atoms with Gasteiger partial charge in [-0.3, -0.25) is 9.10 Å². The summed E-state index contributed by atoms with van der Waals surface area (Å²) in [7, 11) is -0.473. The van der Waals surface area contributed by atoms with E-state index < -0.39 is 10.0 Å². The van der Waals surface area contributed by atoms with Gasteiger partial charge in [0.1, 0.15) is 0 Å². The molecule has 6 nitrogen and oxygen atoms in total. The summed E-state index contributed by atoms with van der Waals surface area (Å²) in [6.07, 6.45) is 0. The highest BCUT2D eigenvalue weighted by Gasteiger charge is 2.24. The fourth-order valence-electron chi connectivity index (χ4n) is 2.70. The largest absolute Gasteiger partial charge is 0.341 e. The molecule has 2 aromatic carbocycles. The maximum absolute atomic E-state index is 12.8. The van der Waals surface area contributed by atoms with Gasteiger partial charge >= 0.3 is 0 Å². The predicted molar refractivity (Wildman–Crippen MR) is 108 cm³/mol. The van der Waals surface area contributed by atoms with E-state index in [0.717, 1.165) is 0 Å². The Morgan fingerprint density at radius 1 is 1.00 bits per heavy atom. The van der Waals surface area contributed by atoms with Gasteiger partial charge in [-0.05, 0) is 48.4 Å². The topological polar surface area (TPSA) is 83.7 Å². The third-order valence-electron chi connectivity index (χ3n) is 4.44. The maximum Gasteiger partial charge on any atom is 0.264 e. The molecule has 0 aliphatic rings. The van der Waals surface area contributed by atoms with Crippen molar-refractivity contribution < 1.29 is 13.2 Å². The molecule has 0 aliphatic carbocycles. The number of carbonyl (C=O) groups is 1. The molecule has 0 aliphatic heterocycles. The highest BCUT2D eigenvalue weighted by Crippen LogP contribution is 2.22. The monoisotopic (exact) mass is 389 g/mol. The Labute approximate surface area is 161 Å². The van der Waals surface area contributed by atoms with Crippen molar-refractivity contribution in [2.75, 3.05) is 31.5 Å². The van der Waals surface area contributed by atoms with Gasteiger partial charge in [0.15, 0.2) is 0 Å². The molecule has 0 bridgehead atoms. The molecule has 2 rings (SSSR count). The molecule has 0 unspecified atom stereocenters. The maximum atomic E-state index is 12.8. The number of nitrogens with two attached hydrogens (primary N) is 1. The average Bonchev–Trinajstić information content (AvgIpc) is 2.67. The van der Waals surface area contributed by atoms with Crippen molar-refractivity contribution in [2.45, 2.75) is 18.7 Å². The van der Waals surface area contributed by atoms with E-state index >= 15 is 0 Å². The molecule has 7 heteroatoms. The predicted octanol–water partition coefficient (Wildman–Crippen LogP) is 2.57. The summed E-state index contributed by atoms with van der Waals surface area (Å²) in [6, 6.07) is 14.8. The fourth-order valence-corrected chi connectivity index (χ4v) is 3.90. The Kier molecular flexibility index (Phi) is 6.28. The molecule has 0 atom stereocenters. The highest BCUT2D eigenvalue weighted by atomic mass is 32.2. The van der Waals surface area contributed by atoms with Crippen molar-refractivity contribution in [1.82, 2.24) is 4.90 Å². The Balaban J connectivity index is 2.20. The number of rotatable bonds is 7. The summed E-state index contributed by atoms with van der Waals surface area (Å²) in [6.45, 7) is 4.96. The van der Waals surface area contributed by atoms with Crippen molar-refractivity contribution in [3.05, 3.63) is 60.2 Å². The molecule has 0 saturated carbocycles. The first kappa shape index (κ1) is 20.9. The van der Waals surface area contributed by atoms with Crippen LogP contribution in [-0.4, -0.2) is 46.4 Å². The Morgan fingerprint density at radius 3 is 2.07 bits per heavy atom. The molecule has 0 saturated heterocycles. The average molecular weight is 390 g/mol.